The second-order valence-electron chi connectivity index (χ2n) is 5.44. The molecule has 0 bridgehead atoms. The Bertz CT molecular complexity index is 401. The molecule has 1 aromatic carbocycles. The van der Waals surface area contributed by atoms with Crippen LogP contribution in [0.4, 0.5) is 4.39 Å². The molecule has 0 radical (unpaired) electrons. The predicted octanol–water partition coefficient (Wildman–Crippen LogP) is 4.32. The van der Waals surface area contributed by atoms with Crippen LogP contribution in [-0.4, -0.2) is 6.54 Å². The highest BCUT2D eigenvalue weighted by molar-refractivity contribution is 6.30. The van der Waals surface area contributed by atoms with Crippen molar-refractivity contribution in [1.82, 2.24) is 5.32 Å². The van der Waals surface area contributed by atoms with Crippen LogP contribution in [0.1, 0.15) is 44.7 Å². The second kappa shape index (κ2) is 4.95. The molecule has 0 aliphatic heterocycles. The van der Waals surface area contributed by atoms with E-state index < -0.39 is 0 Å². The Morgan fingerprint density at radius 3 is 2.71 bits per heavy atom. The zero-order valence-corrected chi connectivity index (χ0v) is 11.1. The SMILES string of the molecule is CC(NCC1(C)CCC1)c1ccc(F)c(Cl)c1. The minimum atomic E-state index is -0.353. The smallest absolute Gasteiger partial charge is 0.141 e. The van der Waals surface area contributed by atoms with Gasteiger partial charge in [-0.05, 0) is 42.9 Å². The summed E-state index contributed by atoms with van der Waals surface area (Å²) < 4.78 is 13.0. The summed E-state index contributed by atoms with van der Waals surface area (Å²) in [4.78, 5) is 0. The molecular weight excluding hydrogens is 237 g/mol. The van der Waals surface area contributed by atoms with Crippen molar-refractivity contribution >= 4 is 11.6 Å². The fourth-order valence-electron chi connectivity index (χ4n) is 2.26. The highest BCUT2D eigenvalue weighted by Crippen LogP contribution is 2.39. The molecule has 0 amide bonds. The van der Waals surface area contributed by atoms with E-state index in [2.05, 4.69) is 19.2 Å². The van der Waals surface area contributed by atoms with Gasteiger partial charge in [-0.25, -0.2) is 4.39 Å². The molecule has 1 saturated carbocycles. The van der Waals surface area contributed by atoms with Gasteiger partial charge in [-0.1, -0.05) is 31.0 Å². The monoisotopic (exact) mass is 255 g/mol. The highest BCUT2D eigenvalue weighted by Gasteiger charge is 2.31. The summed E-state index contributed by atoms with van der Waals surface area (Å²) in [5, 5.41) is 3.71. The van der Waals surface area contributed by atoms with Gasteiger partial charge in [0.15, 0.2) is 0 Å². The van der Waals surface area contributed by atoms with Gasteiger partial charge in [0.1, 0.15) is 5.82 Å². The fourth-order valence-corrected chi connectivity index (χ4v) is 2.45. The van der Waals surface area contributed by atoms with Gasteiger partial charge in [-0.3, -0.25) is 0 Å². The Kier molecular flexibility index (Phi) is 3.74. The average molecular weight is 256 g/mol. The number of halogens is 2. The Hall–Kier alpha value is -0.600. The van der Waals surface area contributed by atoms with Crippen LogP contribution >= 0.6 is 11.6 Å². The van der Waals surface area contributed by atoms with Crippen molar-refractivity contribution in [3.05, 3.63) is 34.6 Å². The van der Waals surface area contributed by atoms with Crippen LogP contribution < -0.4 is 5.32 Å². The van der Waals surface area contributed by atoms with Crippen molar-refractivity contribution in [2.75, 3.05) is 6.54 Å². The molecule has 1 nitrogen and oxygen atoms in total. The van der Waals surface area contributed by atoms with E-state index in [4.69, 9.17) is 11.6 Å². The molecule has 1 aliphatic rings. The molecule has 94 valence electrons. The van der Waals surface area contributed by atoms with E-state index in [1.807, 2.05) is 0 Å². The Morgan fingerprint density at radius 1 is 1.47 bits per heavy atom. The molecule has 1 N–H and O–H groups in total. The third kappa shape index (κ3) is 2.99. The average Bonchev–Trinajstić information content (AvgIpc) is 2.27. The first-order valence-corrected chi connectivity index (χ1v) is 6.56. The van der Waals surface area contributed by atoms with Crippen molar-refractivity contribution in [1.29, 1.82) is 0 Å². The zero-order valence-electron chi connectivity index (χ0n) is 10.4. The third-order valence-electron chi connectivity index (χ3n) is 3.84. The van der Waals surface area contributed by atoms with Gasteiger partial charge in [0.2, 0.25) is 0 Å². The maximum Gasteiger partial charge on any atom is 0.141 e. The molecule has 2 rings (SSSR count). The van der Waals surface area contributed by atoms with E-state index in [9.17, 15) is 4.39 Å². The lowest BCUT2D eigenvalue weighted by atomic mass is 9.70. The fraction of sp³-hybridized carbons (Fsp3) is 0.571. The molecule has 0 saturated heterocycles. The van der Waals surface area contributed by atoms with Gasteiger partial charge >= 0.3 is 0 Å². The number of hydrogen-bond acceptors (Lipinski definition) is 1. The van der Waals surface area contributed by atoms with Crippen LogP contribution in [0.15, 0.2) is 18.2 Å². The maximum atomic E-state index is 13.0. The van der Waals surface area contributed by atoms with Gasteiger partial charge in [0.25, 0.3) is 0 Å². The van der Waals surface area contributed by atoms with Gasteiger partial charge in [0.05, 0.1) is 5.02 Å². The second-order valence-corrected chi connectivity index (χ2v) is 5.85. The molecule has 1 aromatic rings. The third-order valence-corrected chi connectivity index (χ3v) is 4.13. The van der Waals surface area contributed by atoms with Crippen molar-refractivity contribution in [2.45, 2.75) is 39.2 Å². The first-order chi connectivity index (χ1) is 8.00. The van der Waals surface area contributed by atoms with E-state index in [-0.39, 0.29) is 16.9 Å². The minimum Gasteiger partial charge on any atom is -0.310 e. The molecule has 0 heterocycles. The number of hydrogen-bond donors (Lipinski definition) is 1. The molecule has 17 heavy (non-hydrogen) atoms. The maximum absolute atomic E-state index is 13.0. The Morgan fingerprint density at radius 2 is 2.18 bits per heavy atom. The van der Waals surface area contributed by atoms with Crippen molar-refractivity contribution in [2.24, 2.45) is 5.41 Å². The number of benzene rings is 1. The van der Waals surface area contributed by atoms with Crippen LogP contribution in [0.25, 0.3) is 0 Å². The normalized spacial score (nSPS) is 19.8. The predicted molar refractivity (Wildman–Crippen MR) is 69.8 cm³/mol. The summed E-state index contributed by atoms with van der Waals surface area (Å²) >= 11 is 5.78. The topological polar surface area (TPSA) is 12.0 Å². The quantitative estimate of drug-likeness (QED) is 0.845. The van der Waals surface area contributed by atoms with E-state index in [1.54, 1.807) is 12.1 Å². The molecule has 1 atom stereocenters. The summed E-state index contributed by atoms with van der Waals surface area (Å²) in [7, 11) is 0. The molecule has 1 unspecified atom stereocenters. The molecule has 1 aliphatic carbocycles. The molecule has 0 spiro atoms. The lowest BCUT2D eigenvalue weighted by Crippen LogP contribution is -2.38. The lowest BCUT2D eigenvalue weighted by molar-refractivity contribution is 0.152. The van der Waals surface area contributed by atoms with Crippen LogP contribution in [-0.2, 0) is 0 Å². The summed E-state index contributed by atoms with van der Waals surface area (Å²) in [5.41, 5.74) is 1.50. The Labute approximate surface area is 107 Å². The number of rotatable bonds is 4. The van der Waals surface area contributed by atoms with E-state index in [0.717, 1.165) is 12.1 Å². The summed E-state index contributed by atoms with van der Waals surface area (Å²) in [6.07, 6.45) is 3.95. The summed E-state index contributed by atoms with van der Waals surface area (Å²) in [5.74, 6) is -0.353. The molecule has 1 fully saturated rings. The van der Waals surface area contributed by atoms with Crippen LogP contribution in [0.3, 0.4) is 0 Å². The number of nitrogens with one attached hydrogen (secondary N) is 1. The first-order valence-electron chi connectivity index (χ1n) is 6.18. The Balaban J connectivity index is 1.94. The summed E-state index contributed by atoms with van der Waals surface area (Å²) in [6, 6.07) is 5.14. The van der Waals surface area contributed by atoms with Crippen molar-refractivity contribution in [3.63, 3.8) is 0 Å². The highest BCUT2D eigenvalue weighted by atomic mass is 35.5. The zero-order chi connectivity index (χ0) is 12.5. The van der Waals surface area contributed by atoms with E-state index in [0.29, 0.717) is 5.41 Å². The van der Waals surface area contributed by atoms with E-state index in [1.165, 1.54) is 25.3 Å². The standard InChI is InChI=1S/C14H19ClFN/c1-10(17-9-14(2)6-3-7-14)11-4-5-13(16)12(15)8-11/h4-5,8,10,17H,3,6-7,9H2,1-2H3. The van der Waals surface area contributed by atoms with E-state index >= 15 is 0 Å². The summed E-state index contributed by atoms with van der Waals surface area (Å²) in [6.45, 7) is 5.42. The van der Waals surface area contributed by atoms with Crippen LogP contribution in [0.2, 0.25) is 5.02 Å². The first kappa shape index (κ1) is 12.8. The molecular formula is C14H19ClFN. The van der Waals surface area contributed by atoms with Gasteiger partial charge in [0, 0.05) is 12.6 Å². The van der Waals surface area contributed by atoms with Crippen LogP contribution in [0.5, 0.6) is 0 Å². The molecule has 3 heteroatoms. The lowest BCUT2D eigenvalue weighted by Gasteiger charge is -2.39. The van der Waals surface area contributed by atoms with Gasteiger partial charge in [-0.2, -0.15) is 0 Å². The van der Waals surface area contributed by atoms with Gasteiger partial charge in [-0.15, -0.1) is 0 Å². The largest absolute Gasteiger partial charge is 0.310 e. The van der Waals surface area contributed by atoms with Gasteiger partial charge < -0.3 is 5.32 Å². The van der Waals surface area contributed by atoms with Crippen molar-refractivity contribution in [3.8, 4) is 0 Å². The minimum absolute atomic E-state index is 0.200. The van der Waals surface area contributed by atoms with Crippen LogP contribution in [0, 0.1) is 11.2 Å². The van der Waals surface area contributed by atoms with Crippen molar-refractivity contribution < 1.29 is 4.39 Å². The molecule has 0 aromatic heterocycles.